The van der Waals surface area contributed by atoms with E-state index in [-0.39, 0.29) is 18.4 Å². The first-order chi connectivity index (χ1) is 12.6. The van der Waals surface area contributed by atoms with Crippen LogP contribution in [0.5, 0.6) is 0 Å². The molecule has 1 unspecified atom stereocenters. The van der Waals surface area contributed by atoms with E-state index >= 15 is 0 Å². The molecule has 2 amide bonds. The van der Waals surface area contributed by atoms with Crippen molar-refractivity contribution in [1.82, 2.24) is 10.3 Å². The fraction of sp³-hybridized carbons (Fsp3) is 0.238. The number of nitrogens with one attached hydrogen (secondary N) is 2. The predicted octanol–water partition coefficient (Wildman–Crippen LogP) is 2.41. The molecule has 1 heterocycles. The van der Waals surface area contributed by atoms with Gasteiger partial charge in [0.1, 0.15) is 0 Å². The zero-order chi connectivity index (χ0) is 18.1. The highest BCUT2D eigenvalue weighted by molar-refractivity contribution is 5.94. The van der Waals surface area contributed by atoms with Crippen LogP contribution in [0.2, 0.25) is 0 Å². The van der Waals surface area contributed by atoms with Crippen molar-refractivity contribution in [2.24, 2.45) is 5.73 Å². The fourth-order valence-corrected chi connectivity index (χ4v) is 3.88. The van der Waals surface area contributed by atoms with Crippen molar-refractivity contribution < 1.29 is 9.59 Å². The number of rotatable bonds is 5. The fourth-order valence-electron chi connectivity index (χ4n) is 3.88. The molecular weight excluding hydrogens is 326 g/mol. The van der Waals surface area contributed by atoms with Crippen molar-refractivity contribution in [1.29, 1.82) is 0 Å². The molecule has 0 spiro atoms. The second kappa shape index (κ2) is 6.67. The van der Waals surface area contributed by atoms with Gasteiger partial charge in [0.05, 0.1) is 5.92 Å². The number of carbonyl (C=O) groups excluding carboxylic acids is 2. The van der Waals surface area contributed by atoms with E-state index < -0.39 is 11.8 Å². The first-order valence-corrected chi connectivity index (χ1v) is 8.83. The average Bonchev–Trinajstić information content (AvgIpc) is 3.22. The van der Waals surface area contributed by atoms with Gasteiger partial charge in [-0.15, -0.1) is 0 Å². The molecule has 0 fully saturated rings. The van der Waals surface area contributed by atoms with Crippen LogP contribution >= 0.6 is 0 Å². The lowest BCUT2D eigenvalue weighted by atomic mass is 9.94. The number of amides is 2. The zero-order valence-corrected chi connectivity index (χ0v) is 14.4. The highest BCUT2D eigenvalue weighted by Crippen LogP contribution is 2.28. The Hall–Kier alpha value is -3.08. The van der Waals surface area contributed by atoms with Crippen LogP contribution in [0.3, 0.4) is 0 Å². The molecule has 132 valence electrons. The van der Waals surface area contributed by atoms with E-state index in [0.717, 1.165) is 29.3 Å². The first kappa shape index (κ1) is 16.4. The number of para-hydroxylation sites is 1. The lowest BCUT2D eigenvalue weighted by Gasteiger charge is -2.16. The molecule has 4 rings (SSSR count). The van der Waals surface area contributed by atoms with Gasteiger partial charge in [-0.2, -0.15) is 0 Å². The summed E-state index contributed by atoms with van der Waals surface area (Å²) in [5.41, 5.74) is 9.88. The van der Waals surface area contributed by atoms with E-state index in [1.807, 2.05) is 36.4 Å². The molecule has 0 saturated heterocycles. The van der Waals surface area contributed by atoms with Crippen molar-refractivity contribution in [2.75, 3.05) is 0 Å². The van der Waals surface area contributed by atoms with Crippen LogP contribution in [-0.2, 0) is 22.4 Å². The summed E-state index contributed by atoms with van der Waals surface area (Å²) in [6, 6.07) is 16.0. The monoisotopic (exact) mass is 347 g/mol. The van der Waals surface area contributed by atoms with Gasteiger partial charge < -0.3 is 16.0 Å². The number of hydrogen-bond donors (Lipinski definition) is 3. The molecule has 1 aromatic heterocycles. The molecule has 0 radical (unpaired) electrons. The zero-order valence-electron chi connectivity index (χ0n) is 14.4. The summed E-state index contributed by atoms with van der Waals surface area (Å²) in [7, 11) is 0. The summed E-state index contributed by atoms with van der Waals surface area (Å²) in [5.74, 6) is -1.27. The molecule has 0 aliphatic heterocycles. The van der Waals surface area contributed by atoms with Crippen molar-refractivity contribution in [3.05, 3.63) is 71.4 Å². The van der Waals surface area contributed by atoms with E-state index in [1.165, 1.54) is 11.1 Å². The van der Waals surface area contributed by atoms with Gasteiger partial charge in [0, 0.05) is 29.6 Å². The Morgan fingerprint density at radius 1 is 1.08 bits per heavy atom. The van der Waals surface area contributed by atoms with E-state index in [9.17, 15) is 9.59 Å². The van der Waals surface area contributed by atoms with Crippen LogP contribution in [0.1, 0.15) is 29.0 Å². The average molecular weight is 347 g/mol. The minimum atomic E-state index is -0.644. The molecule has 0 saturated carbocycles. The van der Waals surface area contributed by atoms with E-state index in [2.05, 4.69) is 22.4 Å². The molecule has 26 heavy (non-hydrogen) atoms. The van der Waals surface area contributed by atoms with Crippen LogP contribution in [0.25, 0.3) is 10.9 Å². The molecule has 1 atom stereocenters. The van der Waals surface area contributed by atoms with Crippen LogP contribution in [-0.4, -0.2) is 22.8 Å². The van der Waals surface area contributed by atoms with Gasteiger partial charge in [0.2, 0.25) is 11.8 Å². The predicted molar refractivity (Wildman–Crippen MR) is 101 cm³/mol. The Bertz CT molecular complexity index is 951. The molecule has 5 heteroatoms. The van der Waals surface area contributed by atoms with Crippen LogP contribution in [0.15, 0.2) is 54.7 Å². The highest BCUT2D eigenvalue weighted by atomic mass is 16.2. The molecule has 2 aromatic carbocycles. The third-order valence-electron chi connectivity index (χ3n) is 5.15. The largest absolute Gasteiger partial charge is 0.369 e. The number of benzene rings is 2. The van der Waals surface area contributed by atoms with Crippen LogP contribution < -0.4 is 11.1 Å². The molecule has 5 nitrogen and oxygen atoms in total. The quantitative estimate of drug-likeness (QED) is 0.662. The van der Waals surface area contributed by atoms with Crippen molar-refractivity contribution in [2.45, 2.75) is 31.2 Å². The van der Waals surface area contributed by atoms with Crippen molar-refractivity contribution in [3.63, 3.8) is 0 Å². The van der Waals surface area contributed by atoms with Gasteiger partial charge in [-0.05, 0) is 35.6 Å². The SMILES string of the molecule is NC(=O)C(CC(=O)NC1Cc2ccccc2C1)c1c[nH]c2ccccc12. The third-order valence-corrected chi connectivity index (χ3v) is 5.15. The minimum absolute atomic E-state index is 0.0595. The summed E-state index contributed by atoms with van der Waals surface area (Å²) in [6.07, 6.45) is 3.50. The molecule has 3 aromatic rings. The smallest absolute Gasteiger partial charge is 0.225 e. The van der Waals surface area contributed by atoms with E-state index in [1.54, 1.807) is 6.20 Å². The Balaban J connectivity index is 1.47. The summed E-state index contributed by atoms with van der Waals surface area (Å²) in [4.78, 5) is 27.7. The molecule has 1 aliphatic rings. The number of aromatic nitrogens is 1. The van der Waals surface area contributed by atoms with Gasteiger partial charge in [-0.3, -0.25) is 9.59 Å². The Morgan fingerprint density at radius 3 is 2.42 bits per heavy atom. The minimum Gasteiger partial charge on any atom is -0.369 e. The van der Waals surface area contributed by atoms with Crippen molar-refractivity contribution in [3.8, 4) is 0 Å². The summed E-state index contributed by atoms with van der Waals surface area (Å²) < 4.78 is 0. The van der Waals surface area contributed by atoms with E-state index in [4.69, 9.17) is 5.73 Å². The van der Waals surface area contributed by atoms with Gasteiger partial charge >= 0.3 is 0 Å². The number of aromatic amines is 1. The maximum absolute atomic E-state index is 12.6. The number of carbonyl (C=O) groups is 2. The Morgan fingerprint density at radius 2 is 1.73 bits per heavy atom. The topological polar surface area (TPSA) is 88.0 Å². The lowest BCUT2D eigenvalue weighted by Crippen LogP contribution is -2.37. The van der Waals surface area contributed by atoms with Crippen LogP contribution in [0.4, 0.5) is 0 Å². The Kier molecular flexibility index (Phi) is 4.21. The van der Waals surface area contributed by atoms with Crippen LogP contribution in [0, 0.1) is 0 Å². The second-order valence-electron chi connectivity index (χ2n) is 6.89. The second-order valence-corrected chi connectivity index (χ2v) is 6.89. The number of hydrogen-bond acceptors (Lipinski definition) is 2. The maximum atomic E-state index is 12.6. The molecule has 1 aliphatic carbocycles. The summed E-state index contributed by atoms with van der Waals surface area (Å²) >= 11 is 0. The standard InChI is InChI=1S/C21H21N3O2/c22-21(26)17(18-12-23-19-8-4-3-7-16(18)19)11-20(25)24-15-9-13-5-1-2-6-14(13)10-15/h1-8,12,15,17,23H,9-11H2,(H2,22,26)(H,24,25). The van der Waals surface area contributed by atoms with Crippen molar-refractivity contribution >= 4 is 22.7 Å². The van der Waals surface area contributed by atoms with E-state index in [0.29, 0.717) is 0 Å². The maximum Gasteiger partial charge on any atom is 0.225 e. The van der Waals surface area contributed by atoms with Gasteiger partial charge in [0.15, 0.2) is 0 Å². The lowest BCUT2D eigenvalue weighted by molar-refractivity contribution is -0.126. The number of nitrogens with two attached hydrogens (primary N) is 1. The summed E-state index contributed by atoms with van der Waals surface area (Å²) in [6.45, 7) is 0. The highest BCUT2D eigenvalue weighted by Gasteiger charge is 2.27. The first-order valence-electron chi connectivity index (χ1n) is 8.83. The van der Waals surface area contributed by atoms with Gasteiger partial charge in [-0.25, -0.2) is 0 Å². The molecule has 4 N–H and O–H groups in total. The normalized spacial score (nSPS) is 14.9. The van der Waals surface area contributed by atoms with Gasteiger partial charge in [-0.1, -0.05) is 42.5 Å². The Labute approximate surface area is 151 Å². The third kappa shape index (κ3) is 3.08. The number of H-pyrrole nitrogens is 1. The number of fused-ring (bicyclic) bond motifs is 2. The van der Waals surface area contributed by atoms with Gasteiger partial charge in [0.25, 0.3) is 0 Å². The number of primary amides is 1. The molecule has 0 bridgehead atoms. The molecular formula is C21H21N3O2. The summed E-state index contributed by atoms with van der Waals surface area (Å²) in [5, 5.41) is 3.99.